The number of nitrogens with zero attached hydrogens (tertiary/aromatic N) is 2. The summed E-state index contributed by atoms with van der Waals surface area (Å²) in [6, 6.07) is 15.9. The Hall–Kier alpha value is -2.86. The summed E-state index contributed by atoms with van der Waals surface area (Å²) in [7, 11) is 0. The highest BCUT2D eigenvalue weighted by molar-refractivity contribution is 8.15. The molecule has 0 aliphatic carbocycles. The van der Waals surface area contributed by atoms with Crippen molar-refractivity contribution in [3.8, 4) is 5.75 Å². The van der Waals surface area contributed by atoms with Gasteiger partial charge in [-0.3, -0.25) is 4.79 Å². The zero-order valence-corrected chi connectivity index (χ0v) is 16.6. The topological polar surface area (TPSA) is 63.1 Å². The number of amides is 1. The molecule has 144 valence electrons. The van der Waals surface area contributed by atoms with Crippen molar-refractivity contribution in [2.24, 2.45) is 10.2 Å². The fraction of sp³-hybridized carbons (Fsp3) is 0.227. The molecule has 0 saturated carbocycles. The molecule has 0 aromatic heterocycles. The van der Waals surface area contributed by atoms with Crippen LogP contribution < -0.4 is 10.1 Å². The zero-order chi connectivity index (χ0) is 19.8. The van der Waals surface area contributed by atoms with Gasteiger partial charge in [0.25, 0.3) is 0 Å². The molecule has 1 heterocycles. The first kappa shape index (κ1) is 19.9. The zero-order valence-electron chi connectivity index (χ0n) is 15.8. The van der Waals surface area contributed by atoms with Gasteiger partial charge in [-0.2, -0.15) is 5.10 Å². The number of hydrogen-bond donors (Lipinski definition) is 1. The van der Waals surface area contributed by atoms with Gasteiger partial charge in [0.2, 0.25) is 5.91 Å². The minimum Gasteiger partial charge on any atom is -0.489 e. The summed E-state index contributed by atoms with van der Waals surface area (Å²) in [5.41, 5.74) is 3.25. The number of rotatable bonds is 8. The van der Waals surface area contributed by atoms with E-state index in [0.29, 0.717) is 23.9 Å². The molecule has 1 aliphatic heterocycles. The lowest BCUT2D eigenvalue weighted by atomic mass is 10.1. The Bertz CT molecular complexity index is 891. The average molecular weight is 394 g/mol. The molecule has 1 saturated heterocycles. The highest BCUT2D eigenvalue weighted by Crippen LogP contribution is 2.24. The van der Waals surface area contributed by atoms with Crippen LogP contribution in [0, 0.1) is 0 Å². The third kappa shape index (κ3) is 5.33. The number of hydrogen-bond acceptors (Lipinski definition) is 5. The molecule has 3 rings (SSSR count). The largest absolute Gasteiger partial charge is 0.489 e. The molecular weight excluding hydrogens is 370 g/mol. The second-order valence-corrected chi connectivity index (χ2v) is 7.45. The molecule has 1 aliphatic rings. The number of benzene rings is 2. The van der Waals surface area contributed by atoms with Crippen LogP contribution in [0.15, 0.2) is 71.4 Å². The molecule has 0 spiro atoms. The standard InChI is InChI=1S/C22H23N3O2S/c1-3-13-27-19-8-6-5-7-18(19)15-23-25-22-24-21(26)20(28-22)14-17-11-9-16(4-2)10-12-17/h3,5-12,15,20H,1,4,13-14H2,2H3,(H,24,25,26)/b23-15-/t20-/m0/s1. The highest BCUT2D eigenvalue weighted by Gasteiger charge is 2.30. The molecule has 2 aromatic carbocycles. The molecule has 0 radical (unpaired) electrons. The highest BCUT2D eigenvalue weighted by atomic mass is 32.2. The lowest BCUT2D eigenvalue weighted by molar-refractivity contribution is -0.118. The monoisotopic (exact) mass is 393 g/mol. The van der Waals surface area contributed by atoms with Gasteiger partial charge in [0.05, 0.1) is 11.5 Å². The van der Waals surface area contributed by atoms with Crippen molar-refractivity contribution in [3.63, 3.8) is 0 Å². The lowest BCUT2D eigenvalue weighted by Crippen LogP contribution is -2.25. The number of carbonyl (C=O) groups is 1. The second kappa shape index (κ2) is 9.90. The van der Waals surface area contributed by atoms with Crippen molar-refractivity contribution < 1.29 is 9.53 Å². The minimum atomic E-state index is -0.190. The summed E-state index contributed by atoms with van der Waals surface area (Å²) in [5.74, 6) is 0.677. The lowest BCUT2D eigenvalue weighted by Gasteiger charge is -2.06. The molecule has 1 fully saturated rings. The normalized spacial score (nSPS) is 17.8. The molecule has 1 N–H and O–H groups in total. The van der Waals surface area contributed by atoms with Crippen LogP contribution in [0.1, 0.15) is 23.6 Å². The molecule has 5 nitrogen and oxygen atoms in total. The molecule has 1 atom stereocenters. The SMILES string of the molecule is C=CCOc1ccccc1/C=N\N=C1/NC(=O)[C@H](Cc2ccc(CC)cc2)S1. The van der Waals surface area contributed by atoms with Crippen LogP contribution in [0.5, 0.6) is 5.75 Å². The number of ether oxygens (including phenoxy) is 1. The maximum atomic E-state index is 12.2. The predicted molar refractivity (Wildman–Crippen MR) is 116 cm³/mol. The number of aryl methyl sites for hydroxylation is 1. The van der Waals surface area contributed by atoms with Gasteiger partial charge in [-0.1, -0.05) is 67.7 Å². The van der Waals surface area contributed by atoms with E-state index < -0.39 is 0 Å². The van der Waals surface area contributed by atoms with E-state index in [0.717, 1.165) is 17.5 Å². The van der Waals surface area contributed by atoms with Crippen LogP contribution in [0.2, 0.25) is 0 Å². The molecule has 0 bridgehead atoms. The van der Waals surface area contributed by atoms with Gasteiger partial charge >= 0.3 is 0 Å². The first-order valence-electron chi connectivity index (χ1n) is 9.18. The quantitative estimate of drug-likeness (QED) is 0.419. The van der Waals surface area contributed by atoms with Crippen LogP contribution in [-0.2, 0) is 17.6 Å². The Labute approximate surface area is 169 Å². The fourth-order valence-corrected chi connectivity index (χ4v) is 3.69. The number of amidine groups is 1. The van der Waals surface area contributed by atoms with Crippen LogP contribution in [0.4, 0.5) is 0 Å². The van der Waals surface area contributed by atoms with Gasteiger partial charge in [-0.25, -0.2) is 0 Å². The number of nitrogens with one attached hydrogen (secondary N) is 1. The van der Waals surface area contributed by atoms with Crippen molar-refractivity contribution in [2.45, 2.75) is 25.0 Å². The number of thioether (sulfide) groups is 1. The van der Waals surface area contributed by atoms with Gasteiger partial charge in [-0.05, 0) is 36.1 Å². The molecule has 1 amide bonds. The van der Waals surface area contributed by atoms with E-state index in [1.165, 1.54) is 17.3 Å². The Morgan fingerprint density at radius 3 is 2.68 bits per heavy atom. The van der Waals surface area contributed by atoms with Crippen molar-refractivity contribution in [1.29, 1.82) is 0 Å². The Morgan fingerprint density at radius 1 is 1.18 bits per heavy atom. The van der Waals surface area contributed by atoms with Crippen LogP contribution in [-0.4, -0.2) is 29.1 Å². The number of carbonyl (C=O) groups excluding carboxylic acids is 1. The van der Waals surface area contributed by atoms with Crippen molar-refractivity contribution in [2.75, 3.05) is 6.61 Å². The van der Waals surface area contributed by atoms with Crippen LogP contribution in [0.25, 0.3) is 0 Å². The molecular formula is C22H23N3O2S. The minimum absolute atomic E-state index is 0.0340. The summed E-state index contributed by atoms with van der Waals surface area (Å²) < 4.78 is 5.59. The summed E-state index contributed by atoms with van der Waals surface area (Å²) >= 11 is 1.41. The first-order chi connectivity index (χ1) is 13.7. The maximum absolute atomic E-state index is 12.2. The summed E-state index contributed by atoms with van der Waals surface area (Å²) in [6.07, 6.45) is 4.99. The summed E-state index contributed by atoms with van der Waals surface area (Å²) in [4.78, 5) is 12.2. The van der Waals surface area contributed by atoms with Crippen molar-refractivity contribution in [1.82, 2.24) is 5.32 Å². The second-order valence-electron chi connectivity index (χ2n) is 6.26. The Morgan fingerprint density at radius 2 is 1.93 bits per heavy atom. The maximum Gasteiger partial charge on any atom is 0.239 e. The van der Waals surface area contributed by atoms with Gasteiger partial charge < -0.3 is 10.1 Å². The van der Waals surface area contributed by atoms with E-state index in [1.54, 1.807) is 12.3 Å². The van der Waals surface area contributed by atoms with E-state index in [4.69, 9.17) is 4.74 Å². The third-order valence-electron chi connectivity index (χ3n) is 4.25. The van der Waals surface area contributed by atoms with E-state index in [2.05, 4.69) is 53.3 Å². The first-order valence-corrected chi connectivity index (χ1v) is 10.1. The smallest absolute Gasteiger partial charge is 0.239 e. The predicted octanol–water partition coefficient (Wildman–Crippen LogP) is 3.98. The van der Waals surface area contributed by atoms with Crippen LogP contribution >= 0.6 is 11.8 Å². The van der Waals surface area contributed by atoms with Gasteiger partial charge in [-0.15, -0.1) is 5.10 Å². The molecule has 0 unspecified atom stereocenters. The van der Waals surface area contributed by atoms with Gasteiger partial charge in [0, 0.05) is 5.56 Å². The Kier molecular flexibility index (Phi) is 7.03. The summed E-state index contributed by atoms with van der Waals surface area (Å²) in [6.45, 7) is 6.20. The van der Waals surface area contributed by atoms with Crippen molar-refractivity contribution >= 4 is 29.1 Å². The van der Waals surface area contributed by atoms with Crippen molar-refractivity contribution in [3.05, 3.63) is 77.9 Å². The van der Waals surface area contributed by atoms with Gasteiger partial charge in [0.1, 0.15) is 12.4 Å². The average Bonchev–Trinajstić information content (AvgIpc) is 3.07. The van der Waals surface area contributed by atoms with Crippen LogP contribution in [0.3, 0.4) is 0 Å². The number of para-hydroxylation sites is 1. The third-order valence-corrected chi connectivity index (χ3v) is 5.32. The van der Waals surface area contributed by atoms with E-state index in [-0.39, 0.29) is 11.2 Å². The van der Waals surface area contributed by atoms with E-state index in [1.807, 2.05) is 24.3 Å². The molecule has 2 aromatic rings. The fourth-order valence-electron chi connectivity index (χ4n) is 2.72. The molecule has 6 heteroatoms. The Balaban J connectivity index is 1.62. The van der Waals surface area contributed by atoms with E-state index >= 15 is 0 Å². The van der Waals surface area contributed by atoms with E-state index in [9.17, 15) is 4.79 Å². The molecule has 28 heavy (non-hydrogen) atoms. The van der Waals surface area contributed by atoms with Gasteiger partial charge in [0.15, 0.2) is 5.17 Å². The summed E-state index contributed by atoms with van der Waals surface area (Å²) in [5, 5.41) is 11.4.